The average molecular weight is 305 g/mol. The number of hydrogen-bond donors (Lipinski definition) is 2. The van der Waals surface area contributed by atoms with E-state index < -0.39 is 12.2 Å². The Hall–Kier alpha value is -1.79. The maximum Gasteiger partial charge on any atom is 0.105 e. The van der Waals surface area contributed by atoms with Gasteiger partial charge in [0.25, 0.3) is 0 Å². The summed E-state index contributed by atoms with van der Waals surface area (Å²) >= 11 is 0. The highest BCUT2D eigenvalue weighted by atomic mass is 16.3. The van der Waals surface area contributed by atoms with Crippen LogP contribution in [0.3, 0.4) is 0 Å². The number of azide groups is 1. The number of benzene rings is 1. The summed E-state index contributed by atoms with van der Waals surface area (Å²) in [5.41, 5.74) is 10.0. The van der Waals surface area contributed by atoms with E-state index in [1.165, 1.54) is 0 Å². The van der Waals surface area contributed by atoms with Gasteiger partial charge in [-0.3, -0.25) is 0 Å². The van der Waals surface area contributed by atoms with Crippen LogP contribution in [0.1, 0.15) is 18.1 Å². The first-order valence-electron chi connectivity index (χ1n) is 7.52. The second-order valence-electron chi connectivity index (χ2n) is 5.64. The van der Waals surface area contributed by atoms with E-state index in [0.29, 0.717) is 5.56 Å². The van der Waals surface area contributed by atoms with Gasteiger partial charge >= 0.3 is 0 Å². The molecule has 2 N–H and O–H groups in total. The smallest absolute Gasteiger partial charge is 0.105 e. The van der Waals surface area contributed by atoms with Crippen molar-refractivity contribution in [1.29, 1.82) is 0 Å². The van der Waals surface area contributed by atoms with Crippen LogP contribution in [0.25, 0.3) is 10.4 Å². The number of aliphatic hydroxyl groups is 2. The summed E-state index contributed by atoms with van der Waals surface area (Å²) in [4.78, 5) is 7.25. The third-order valence-electron chi connectivity index (χ3n) is 4.06. The van der Waals surface area contributed by atoms with E-state index in [0.717, 1.165) is 31.9 Å². The van der Waals surface area contributed by atoms with Gasteiger partial charge in [0.1, 0.15) is 6.10 Å². The number of anilines is 1. The fraction of sp³-hybridized carbons (Fsp3) is 0.600. The molecule has 0 radical (unpaired) electrons. The summed E-state index contributed by atoms with van der Waals surface area (Å²) in [5.74, 6) is 0. The Bertz CT molecular complexity index is 507. The molecule has 2 rings (SSSR count). The predicted molar refractivity (Wildman–Crippen MR) is 85.7 cm³/mol. The van der Waals surface area contributed by atoms with Crippen LogP contribution in [0.15, 0.2) is 29.4 Å². The van der Waals surface area contributed by atoms with Crippen LogP contribution in [0.2, 0.25) is 0 Å². The molecule has 1 fully saturated rings. The van der Waals surface area contributed by atoms with E-state index in [4.69, 9.17) is 5.53 Å². The van der Waals surface area contributed by atoms with Gasteiger partial charge in [-0.05, 0) is 36.7 Å². The molecule has 7 heteroatoms. The lowest BCUT2D eigenvalue weighted by Crippen LogP contribution is -2.44. The number of hydrogen-bond acceptors (Lipinski definition) is 5. The fourth-order valence-electron chi connectivity index (χ4n) is 2.56. The van der Waals surface area contributed by atoms with E-state index >= 15 is 0 Å². The maximum atomic E-state index is 10.1. The third kappa shape index (κ3) is 4.35. The number of aliphatic hydroxyl groups excluding tert-OH is 2. The Morgan fingerprint density at radius 1 is 1.18 bits per heavy atom. The zero-order valence-electron chi connectivity index (χ0n) is 12.8. The van der Waals surface area contributed by atoms with Gasteiger partial charge in [0, 0.05) is 43.3 Å². The van der Waals surface area contributed by atoms with E-state index in [-0.39, 0.29) is 13.0 Å². The van der Waals surface area contributed by atoms with Crippen molar-refractivity contribution >= 4 is 5.69 Å². The van der Waals surface area contributed by atoms with Crippen molar-refractivity contribution in [3.63, 3.8) is 0 Å². The van der Waals surface area contributed by atoms with Gasteiger partial charge in [0.05, 0.1) is 6.10 Å². The van der Waals surface area contributed by atoms with Crippen LogP contribution in [0, 0.1) is 0 Å². The summed E-state index contributed by atoms with van der Waals surface area (Å²) in [5, 5.41) is 23.4. The van der Waals surface area contributed by atoms with Crippen molar-refractivity contribution in [1.82, 2.24) is 4.90 Å². The molecule has 1 aliphatic rings. The molecule has 2 atom stereocenters. The standard InChI is InChI=1S/C15H23N5O2/c1-19-8-10-20(11-9-19)13-4-2-12(3-5-13)15(22)14(21)6-7-17-18-16/h2-5,14-15,21-22H,6-11H2,1H3. The molecular weight excluding hydrogens is 282 g/mol. The molecule has 0 amide bonds. The lowest BCUT2D eigenvalue weighted by molar-refractivity contribution is 0.0150. The summed E-state index contributed by atoms with van der Waals surface area (Å²) in [6.07, 6.45) is -1.65. The molecule has 120 valence electrons. The van der Waals surface area contributed by atoms with Gasteiger partial charge < -0.3 is 20.0 Å². The number of nitrogens with zero attached hydrogens (tertiary/aromatic N) is 5. The van der Waals surface area contributed by atoms with E-state index in [1.54, 1.807) is 0 Å². The highest BCUT2D eigenvalue weighted by molar-refractivity contribution is 5.48. The zero-order chi connectivity index (χ0) is 15.9. The topological polar surface area (TPSA) is 95.7 Å². The van der Waals surface area contributed by atoms with E-state index in [1.807, 2.05) is 24.3 Å². The summed E-state index contributed by atoms with van der Waals surface area (Å²) in [6, 6.07) is 7.64. The Morgan fingerprint density at radius 2 is 1.82 bits per heavy atom. The van der Waals surface area contributed by atoms with Crippen LogP contribution in [-0.2, 0) is 0 Å². The van der Waals surface area contributed by atoms with Crippen LogP contribution in [0.4, 0.5) is 5.69 Å². The van der Waals surface area contributed by atoms with Crippen molar-refractivity contribution in [2.24, 2.45) is 5.11 Å². The van der Waals surface area contributed by atoms with E-state index in [2.05, 4.69) is 26.9 Å². The second-order valence-corrected chi connectivity index (χ2v) is 5.64. The van der Waals surface area contributed by atoms with Crippen LogP contribution >= 0.6 is 0 Å². The number of piperazine rings is 1. The summed E-state index contributed by atoms with van der Waals surface area (Å²) in [6.45, 7) is 4.25. The van der Waals surface area contributed by atoms with Gasteiger partial charge in [0.15, 0.2) is 0 Å². The monoisotopic (exact) mass is 305 g/mol. The molecule has 0 saturated carbocycles. The average Bonchev–Trinajstić information content (AvgIpc) is 2.55. The molecule has 22 heavy (non-hydrogen) atoms. The Kier molecular flexibility index (Phi) is 6.03. The highest BCUT2D eigenvalue weighted by Gasteiger charge is 2.19. The number of rotatable bonds is 6. The zero-order valence-corrected chi connectivity index (χ0v) is 12.8. The Balaban J connectivity index is 1.94. The Morgan fingerprint density at radius 3 is 2.41 bits per heavy atom. The third-order valence-corrected chi connectivity index (χ3v) is 4.06. The van der Waals surface area contributed by atoms with Crippen molar-refractivity contribution in [2.75, 3.05) is 44.7 Å². The van der Waals surface area contributed by atoms with Crippen LogP contribution in [0.5, 0.6) is 0 Å². The van der Waals surface area contributed by atoms with Crippen LogP contribution < -0.4 is 4.90 Å². The molecular formula is C15H23N5O2. The minimum Gasteiger partial charge on any atom is -0.390 e. The molecule has 1 aliphatic heterocycles. The van der Waals surface area contributed by atoms with E-state index in [9.17, 15) is 10.2 Å². The van der Waals surface area contributed by atoms with Crippen molar-refractivity contribution in [2.45, 2.75) is 18.6 Å². The maximum absolute atomic E-state index is 10.1. The van der Waals surface area contributed by atoms with Crippen molar-refractivity contribution in [3.8, 4) is 0 Å². The highest BCUT2D eigenvalue weighted by Crippen LogP contribution is 2.23. The Labute approximate surface area is 130 Å². The molecule has 2 unspecified atom stereocenters. The first-order chi connectivity index (χ1) is 10.6. The number of likely N-dealkylation sites (N-methyl/N-ethyl adjacent to an activating group) is 1. The van der Waals surface area contributed by atoms with Crippen molar-refractivity contribution in [3.05, 3.63) is 40.3 Å². The first-order valence-corrected chi connectivity index (χ1v) is 7.52. The molecule has 0 aliphatic carbocycles. The molecule has 0 spiro atoms. The molecule has 0 aromatic heterocycles. The van der Waals surface area contributed by atoms with Gasteiger partial charge in [-0.15, -0.1) is 0 Å². The van der Waals surface area contributed by atoms with Crippen molar-refractivity contribution < 1.29 is 10.2 Å². The predicted octanol–water partition coefficient (Wildman–Crippen LogP) is 1.53. The lowest BCUT2D eigenvalue weighted by atomic mass is 10.0. The van der Waals surface area contributed by atoms with Gasteiger partial charge in [-0.25, -0.2) is 0 Å². The quantitative estimate of drug-likeness (QED) is 0.473. The molecule has 1 aromatic carbocycles. The largest absolute Gasteiger partial charge is 0.390 e. The molecule has 1 heterocycles. The summed E-state index contributed by atoms with van der Waals surface area (Å²) in [7, 11) is 2.12. The molecule has 0 bridgehead atoms. The first kappa shape index (κ1) is 16.6. The molecule has 7 nitrogen and oxygen atoms in total. The lowest BCUT2D eigenvalue weighted by Gasteiger charge is -2.34. The second kappa shape index (κ2) is 8.00. The van der Waals surface area contributed by atoms with Gasteiger partial charge in [0.2, 0.25) is 0 Å². The van der Waals surface area contributed by atoms with Gasteiger partial charge in [-0.1, -0.05) is 17.2 Å². The molecule has 1 saturated heterocycles. The van der Waals surface area contributed by atoms with Gasteiger partial charge in [-0.2, -0.15) is 0 Å². The molecule has 1 aromatic rings. The SMILES string of the molecule is CN1CCN(c2ccc(C(O)C(O)CCN=[N+]=[N-])cc2)CC1. The normalized spacial score (nSPS) is 18.6. The fourth-order valence-corrected chi connectivity index (χ4v) is 2.56. The summed E-state index contributed by atoms with van der Waals surface area (Å²) < 4.78 is 0. The minimum atomic E-state index is -0.963. The minimum absolute atomic E-state index is 0.175. The van der Waals surface area contributed by atoms with Crippen LogP contribution in [-0.4, -0.2) is 61.0 Å².